The van der Waals surface area contributed by atoms with E-state index in [0.717, 1.165) is 31.7 Å². The summed E-state index contributed by atoms with van der Waals surface area (Å²) < 4.78 is 20.6. The highest BCUT2D eigenvalue weighted by Crippen LogP contribution is 2.26. The van der Waals surface area contributed by atoms with E-state index in [4.69, 9.17) is 10.5 Å². The third-order valence-electron chi connectivity index (χ3n) is 3.59. The number of benzene rings is 1. The number of hydrogen-bond acceptors (Lipinski definition) is 4. The van der Waals surface area contributed by atoms with Gasteiger partial charge in [-0.3, -0.25) is 0 Å². The summed E-state index contributed by atoms with van der Waals surface area (Å²) in [5, 5.41) is 0. The second-order valence-electron chi connectivity index (χ2n) is 4.62. The summed E-state index contributed by atoms with van der Waals surface area (Å²) in [7, 11) is 1.45. The molecule has 0 aliphatic carbocycles. The molecule has 0 bridgehead atoms. The van der Waals surface area contributed by atoms with E-state index in [-0.39, 0.29) is 5.75 Å². The minimum absolute atomic E-state index is 0.210. The van der Waals surface area contributed by atoms with Crippen LogP contribution in [0, 0.1) is 5.82 Å². The molecule has 2 aromatic rings. The van der Waals surface area contributed by atoms with Gasteiger partial charge in [-0.1, -0.05) is 13.8 Å². The van der Waals surface area contributed by atoms with Gasteiger partial charge in [0, 0.05) is 25.2 Å². The van der Waals surface area contributed by atoms with Crippen molar-refractivity contribution < 1.29 is 9.13 Å². The molecule has 0 atom stereocenters. The molecule has 1 aromatic heterocycles. The first-order valence-corrected chi connectivity index (χ1v) is 6.82. The Morgan fingerprint density at radius 3 is 2.65 bits per heavy atom. The molecule has 0 radical (unpaired) electrons. The average Bonchev–Trinajstić information content (AvgIpc) is 2.74. The van der Waals surface area contributed by atoms with E-state index >= 15 is 0 Å². The lowest BCUT2D eigenvalue weighted by Crippen LogP contribution is -2.27. The van der Waals surface area contributed by atoms with Crippen LogP contribution in [-0.2, 0) is 6.54 Å². The standard InChI is InChI=1S/C14H21FN4O/c1-4-18(5-2)6-7-19-12-9-13(20-3)10(15)8-11(12)17-14(19)16/h8-9H,4-7H2,1-3H3,(H2,16,17). The summed E-state index contributed by atoms with van der Waals surface area (Å²) in [6, 6.07) is 3.01. The number of nitrogens with two attached hydrogens (primary N) is 1. The molecule has 110 valence electrons. The van der Waals surface area contributed by atoms with Crippen molar-refractivity contribution in [1.29, 1.82) is 0 Å². The number of methoxy groups -OCH3 is 1. The van der Waals surface area contributed by atoms with Crippen LogP contribution in [0.4, 0.5) is 10.3 Å². The minimum atomic E-state index is -0.423. The van der Waals surface area contributed by atoms with Gasteiger partial charge in [0.05, 0.1) is 18.1 Å². The van der Waals surface area contributed by atoms with Gasteiger partial charge in [-0.05, 0) is 13.1 Å². The topological polar surface area (TPSA) is 56.3 Å². The van der Waals surface area contributed by atoms with Gasteiger partial charge in [0.2, 0.25) is 5.95 Å². The number of hydrogen-bond donors (Lipinski definition) is 1. The Kier molecular flexibility index (Phi) is 4.44. The summed E-state index contributed by atoms with van der Waals surface area (Å²) in [6.45, 7) is 7.82. The average molecular weight is 280 g/mol. The predicted molar refractivity (Wildman–Crippen MR) is 78.4 cm³/mol. The fourth-order valence-electron chi connectivity index (χ4n) is 2.32. The van der Waals surface area contributed by atoms with E-state index < -0.39 is 5.82 Å². The van der Waals surface area contributed by atoms with Crippen molar-refractivity contribution in [3.05, 3.63) is 17.9 Å². The van der Waals surface area contributed by atoms with Crippen molar-refractivity contribution in [3.63, 3.8) is 0 Å². The number of anilines is 1. The number of nitrogens with zero attached hydrogens (tertiary/aromatic N) is 3. The van der Waals surface area contributed by atoms with Gasteiger partial charge in [-0.25, -0.2) is 9.37 Å². The van der Waals surface area contributed by atoms with E-state index in [9.17, 15) is 4.39 Å². The van der Waals surface area contributed by atoms with Gasteiger partial charge < -0.3 is 19.9 Å². The summed E-state index contributed by atoms with van der Waals surface area (Å²) in [5.74, 6) is 0.190. The Balaban J connectivity index is 2.34. The van der Waals surface area contributed by atoms with Gasteiger partial charge in [-0.15, -0.1) is 0 Å². The second kappa shape index (κ2) is 6.09. The molecule has 2 N–H and O–H groups in total. The molecule has 1 aromatic carbocycles. The normalized spacial score (nSPS) is 11.4. The molecule has 0 fully saturated rings. The van der Waals surface area contributed by atoms with Crippen LogP contribution in [0.3, 0.4) is 0 Å². The van der Waals surface area contributed by atoms with E-state index in [2.05, 4.69) is 23.7 Å². The predicted octanol–water partition coefficient (Wildman–Crippen LogP) is 2.11. The number of halogens is 1. The maximum Gasteiger partial charge on any atom is 0.201 e. The Morgan fingerprint density at radius 2 is 2.05 bits per heavy atom. The number of rotatable bonds is 6. The molecule has 6 heteroatoms. The lowest BCUT2D eigenvalue weighted by Gasteiger charge is -2.18. The van der Waals surface area contributed by atoms with Crippen molar-refractivity contribution in [2.24, 2.45) is 0 Å². The van der Waals surface area contributed by atoms with Crippen molar-refractivity contribution in [2.45, 2.75) is 20.4 Å². The highest BCUT2D eigenvalue weighted by atomic mass is 19.1. The van der Waals surface area contributed by atoms with Gasteiger partial charge in [0.25, 0.3) is 0 Å². The summed E-state index contributed by atoms with van der Waals surface area (Å²) >= 11 is 0. The number of nitrogen functional groups attached to an aromatic ring is 1. The number of ether oxygens (including phenoxy) is 1. The lowest BCUT2D eigenvalue weighted by molar-refractivity contribution is 0.292. The molecule has 2 rings (SSSR count). The zero-order valence-corrected chi connectivity index (χ0v) is 12.2. The summed E-state index contributed by atoms with van der Waals surface area (Å²) in [6.07, 6.45) is 0. The first-order chi connectivity index (χ1) is 9.60. The van der Waals surface area contributed by atoms with Crippen LogP contribution in [0.2, 0.25) is 0 Å². The molecule has 0 aliphatic rings. The number of aromatic nitrogens is 2. The minimum Gasteiger partial charge on any atom is -0.494 e. The van der Waals surface area contributed by atoms with Crippen LogP contribution in [0.15, 0.2) is 12.1 Å². The smallest absolute Gasteiger partial charge is 0.201 e. The van der Waals surface area contributed by atoms with Crippen LogP contribution in [-0.4, -0.2) is 41.2 Å². The molecule has 0 saturated heterocycles. The van der Waals surface area contributed by atoms with Crippen molar-refractivity contribution in [2.75, 3.05) is 32.5 Å². The molecular formula is C14H21FN4O. The first kappa shape index (κ1) is 14.6. The van der Waals surface area contributed by atoms with Crippen LogP contribution in [0.5, 0.6) is 5.75 Å². The third kappa shape index (κ3) is 2.70. The first-order valence-electron chi connectivity index (χ1n) is 6.82. The lowest BCUT2D eigenvalue weighted by atomic mass is 10.3. The molecule has 20 heavy (non-hydrogen) atoms. The van der Waals surface area contributed by atoms with Crippen LogP contribution >= 0.6 is 0 Å². The molecule has 0 unspecified atom stereocenters. The van der Waals surface area contributed by atoms with Crippen molar-refractivity contribution >= 4 is 17.0 Å². The Hall–Kier alpha value is -1.82. The fourth-order valence-corrected chi connectivity index (χ4v) is 2.32. The van der Waals surface area contributed by atoms with Crippen LogP contribution in [0.25, 0.3) is 11.0 Å². The van der Waals surface area contributed by atoms with E-state index in [1.807, 2.05) is 4.57 Å². The zero-order chi connectivity index (χ0) is 14.7. The van der Waals surface area contributed by atoms with Gasteiger partial charge >= 0.3 is 0 Å². The monoisotopic (exact) mass is 280 g/mol. The van der Waals surface area contributed by atoms with Crippen LogP contribution < -0.4 is 10.5 Å². The largest absolute Gasteiger partial charge is 0.494 e. The number of likely N-dealkylation sites (N-methyl/N-ethyl adjacent to an activating group) is 1. The molecule has 0 amide bonds. The quantitative estimate of drug-likeness (QED) is 0.880. The third-order valence-corrected chi connectivity index (χ3v) is 3.59. The summed E-state index contributed by atoms with van der Waals surface area (Å²) in [4.78, 5) is 6.50. The molecule has 5 nitrogen and oxygen atoms in total. The second-order valence-corrected chi connectivity index (χ2v) is 4.62. The van der Waals surface area contributed by atoms with Crippen molar-refractivity contribution in [3.8, 4) is 5.75 Å². The molecule has 0 spiro atoms. The van der Waals surface area contributed by atoms with Crippen LogP contribution in [0.1, 0.15) is 13.8 Å². The highest BCUT2D eigenvalue weighted by Gasteiger charge is 2.13. The zero-order valence-electron chi connectivity index (χ0n) is 12.2. The van der Waals surface area contributed by atoms with Gasteiger partial charge in [-0.2, -0.15) is 0 Å². The van der Waals surface area contributed by atoms with E-state index in [1.165, 1.54) is 13.2 Å². The Labute approximate surface area is 118 Å². The number of imidazole rings is 1. The SMILES string of the molecule is CCN(CC)CCn1c(N)nc2cc(F)c(OC)cc21. The molecule has 1 heterocycles. The molecule has 0 aliphatic heterocycles. The maximum atomic E-state index is 13.7. The van der Waals surface area contributed by atoms with E-state index in [1.54, 1.807) is 6.07 Å². The van der Waals surface area contributed by atoms with E-state index in [0.29, 0.717) is 11.5 Å². The van der Waals surface area contributed by atoms with Gasteiger partial charge in [0.15, 0.2) is 11.6 Å². The van der Waals surface area contributed by atoms with Crippen molar-refractivity contribution in [1.82, 2.24) is 14.5 Å². The highest BCUT2D eigenvalue weighted by molar-refractivity contribution is 5.80. The van der Waals surface area contributed by atoms with Gasteiger partial charge in [0.1, 0.15) is 0 Å². The summed E-state index contributed by atoms with van der Waals surface area (Å²) in [5.41, 5.74) is 7.29. The number of fused-ring (bicyclic) bond motifs is 1. The maximum absolute atomic E-state index is 13.7. The molecule has 0 saturated carbocycles. The molecular weight excluding hydrogens is 259 g/mol. The Morgan fingerprint density at radius 1 is 1.35 bits per heavy atom. The Bertz CT molecular complexity index is 592. The fraction of sp³-hybridized carbons (Fsp3) is 0.500.